The predicted octanol–water partition coefficient (Wildman–Crippen LogP) is 4.48. The maximum atomic E-state index is 12.6. The van der Waals surface area contributed by atoms with Gasteiger partial charge in [-0.15, -0.1) is 11.3 Å². The van der Waals surface area contributed by atoms with Gasteiger partial charge < -0.3 is 14.8 Å². The Bertz CT molecular complexity index is 906. The van der Waals surface area contributed by atoms with E-state index >= 15 is 0 Å². The quantitative estimate of drug-likeness (QED) is 0.626. The molecule has 0 spiro atoms. The van der Waals surface area contributed by atoms with Gasteiger partial charge in [0.25, 0.3) is 0 Å². The molecular weight excluding hydrogens is 402 g/mol. The highest BCUT2D eigenvalue weighted by Gasteiger charge is 2.30. The van der Waals surface area contributed by atoms with E-state index in [9.17, 15) is 14.4 Å². The molecule has 7 heteroatoms. The van der Waals surface area contributed by atoms with Crippen molar-refractivity contribution in [3.8, 4) is 0 Å². The molecule has 0 saturated carbocycles. The average Bonchev–Trinajstić information content (AvgIpc) is 3.11. The largest absolute Gasteiger partial charge is 0.469 e. The van der Waals surface area contributed by atoms with Crippen molar-refractivity contribution < 1.29 is 23.9 Å². The first-order chi connectivity index (χ1) is 14.5. The van der Waals surface area contributed by atoms with Gasteiger partial charge in [0.2, 0.25) is 5.91 Å². The minimum Gasteiger partial charge on any atom is -0.469 e. The average molecular weight is 430 g/mol. The van der Waals surface area contributed by atoms with Gasteiger partial charge in [0, 0.05) is 17.7 Å². The number of carbonyl (C=O) groups is 3. The molecule has 1 aliphatic rings. The highest BCUT2D eigenvalue weighted by Crippen LogP contribution is 2.42. The first-order valence-corrected chi connectivity index (χ1v) is 11.1. The van der Waals surface area contributed by atoms with Crippen molar-refractivity contribution in [2.75, 3.05) is 19.0 Å². The number of ether oxygens (including phenoxy) is 2. The van der Waals surface area contributed by atoms with Crippen LogP contribution in [0, 0.1) is 0 Å². The van der Waals surface area contributed by atoms with E-state index in [-0.39, 0.29) is 31.3 Å². The molecule has 0 bridgehead atoms. The van der Waals surface area contributed by atoms with Gasteiger partial charge in [0.15, 0.2) is 0 Å². The third-order valence-electron chi connectivity index (χ3n) is 5.28. The van der Waals surface area contributed by atoms with Crippen molar-refractivity contribution in [3.63, 3.8) is 0 Å². The lowest BCUT2D eigenvalue weighted by Gasteiger charge is -2.23. The topological polar surface area (TPSA) is 81.7 Å². The zero-order chi connectivity index (χ0) is 21.5. The molecule has 1 N–H and O–H groups in total. The lowest BCUT2D eigenvalue weighted by Crippen LogP contribution is -2.17. The second-order valence-electron chi connectivity index (χ2n) is 7.26. The number of thiophene rings is 1. The van der Waals surface area contributed by atoms with E-state index < -0.39 is 5.97 Å². The molecule has 0 saturated heterocycles. The van der Waals surface area contributed by atoms with E-state index in [2.05, 4.69) is 22.2 Å². The van der Waals surface area contributed by atoms with Crippen LogP contribution in [0.5, 0.6) is 0 Å². The Kier molecular flexibility index (Phi) is 7.63. The summed E-state index contributed by atoms with van der Waals surface area (Å²) in [6, 6.07) is 10.4. The van der Waals surface area contributed by atoms with E-state index in [4.69, 9.17) is 4.74 Å². The Labute approximate surface area is 180 Å². The lowest BCUT2D eigenvalue weighted by molar-refractivity contribution is -0.140. The third kappa shape index (κ3) is 5.27. The van der Waals surface area contributed by atoms with E-state index in [0.29, 0.717) is 22.9 Å². The van der Waals surface area contributed by atoms with Crippen LogP contribution in [0.15, 0.2) is 30.3 Å². The number of hydrogen-bond acceptors (Lipinski definition) is 6. The lowest BCUT2D eigenvalue weighted by atomic mass is 9.83. The van der Waals surface area contributed by atoms with Crippen molar-refractivity contribution in [1.29, 1.82) is 0 Å². The zero-order valence-electron chi connectivity index (χ0n) is 17.4. The number of nitrogens with one attached hydrogen (secondary N) is 1. The van der Waals surface area contributed by atoms with Crippen LogP contribution in [0.25, 0.3) is 0 Å². The van der Waals surface area contributed by atoms with Gasteiger partial charge in [-0.25, -0.2) is 4.79 Å². The molecule has 1 atom stereocenters. The molecule has 1 heterocycles. The predicted molar refractivity (Wildman–Crippen MR) is 116 cm³/mol. The highest BCUT2D eigenvalue weighted by molar-refractivity contribution is 7.17. The molecule has 1 aromatic heterocycles. The standard InChI is InChI=1S/C23H27NO5S/c1-3-29-23(27)21-17-13-12-16(15-8-5-4-6-9-15)14-18(17)30-22(21)24-19(25)10-7-11-20(26)28-2/h4-6,8-9,16H,3,7,10-14H2,1-2H3,(H,24,25). The second kappa shape index (κ2) is 10.4. The van der Waals surface area contributed by atoms with Crippen LogP contribution < -0.4 is 5.32 Å². The van der Waals surface area contributed by atoms with Gasteiger partial charge in [-0.3, -0.25) is 9.59 Å². The maximum Gasteiger partial charge on any atom is 0.341 e. The number of hydrogen-bond donors (Lipinski definition) is 1. The molecule has 3 rings (SSSR count). The van der Waals surface area contributed by atoms with Crippen molar-refractivity contribution in [2.24, 2.45) is 0 Å². The summed E-state index contributed by atoms with van der Waals surface area (Å²) in [4.78, 5) is 37.4. The summed E-state index contributed by atoms with van der Waals surface area (Å²) in [6.07, 6.45) is 3.34. The Morgan fingerprint density at radius 1 is 1.17 bits per heavy atom. The van der Waals surface area contributed by atoms with Gasteiger partial charge >= 0.3 is 11.9 Å². The monoisotopic (exact) mass is 429 g/mol. The number of rotatable bonds is 8. The Morgan fingerprint density at radius 2 is 1.93 bits per heavy atom. The smallest absolute Gasteiger partial charge is 0.341 e. The van der Waals surface area contributed by atoms with Crippen molar-refractivity contribution >= 4 is 34.2 Å². The Morgan fingerprint density at radius 3 is 2.63 bits per heavy atom. The van der Waals surface area contributed by atoms with Crippen molar-refractivity contribution in [3.05, 3.63) is 51.9 Å². The van der Waals surface area contributed by atoms with Gasteiger partial charge in [-0.2, -0.15) is 0 Å². The number of carbonyl (C=O) groups excluding carboxylic acids is 3. The summed E-state index contributed by atoms with van der Waals surface area (Å²) in [7, 11) is 1.33. The van der Waals surface area contributed by atoms with Crippen LogP contribution in [0.2, 0.25) is 0 Å². The van der Waals surface area contributed by atoms with Gasteiger partial charge in [0.1, 0.15) is 5.00 Å². The zero-order valence-corrected chi connectivity index (χ0v) is 18.2. The maximum absolute atomic E-state index is 12.6. The summed E-state index contributed by atoms with van der Waals surface area (Å²) >= 11 is 1.46. The number of methoxy groups -OCH3 is 1. The molecule has 6 nitrogen and oxygen atoms in total. The molecule has 1 unspecified atom stereocenters. The van der Waals surface area contributed by atoms with E-state index in [1.807, 2.05) is 18.2 Å². The molecule has 0 fully saturated rings. The molecule has 2 aromatic rings. The first kappa shape index (κ1) is 22.0. The molecule has 0 radical (unpaired) electrons. The van der Waals surface area contributed by atoms with E-state index in [0.717, 1.165) is 29.7 Å². The number of fused-ring (bicyclic) bond motifs is 1. The molecule has 30 heavy (non-hydrogen) atoms. The van der Waals surface area contributed by atoms with Crippen LogP contribution >= 0.6 is 11.3 Å². The minimum absolute atomic E-state index is 0.187. The number of esters is 2. The molecule has 160 valence electrons. The van der Waals surface area contributed by atoms with Crippen LogP contribution in [-0.2, 0) is 31.9 Å². The number of amides is 1. The summed E-state index contributed by atoms with van der Waals surface area (Å²) in [5.41, 5.74) is 2.78. The highest BCUT2D eigenvalue weighted by atomic mass is 32.1. The molecule has 1 aliphatic carbocycles. The molecular formula is C23H27NO5S. The molecule has 1 aromatic carbocycles. The van der Waals surface area contributed by atoms with Crippen molar-refractivity contribution in [1.82, 2.24) is 0 Å². The second-order valence-corrected chi connectivity index (χ2v) is 8.36. The summed E-state index contributed by atoms with van der Waals surface area (Å²) in [5.74, 6) is -0.551. The Hall–Kier alpha value is -2.67. The first-order valence-electron chi connectivity index (χ1n) is 10.3. The molecule has 1 amide bonds. The normalized spacial score (nSPS) is 15.2. The fourth-order valence-corrected chi connectivity index (χ4v) is 5.12. The molecule has 0 aliphatic heterocycles. The summed E-state index contributed by atoms with van der Waals surface area (Å²) in [6.45, 7) is 2.05. The van der Waals surface area contributed by atoms with Crippen molar-refractivity contribution in [2.45, 2.75) is 51.4 Å². The van der Waals surface area contributed by atoms with E-state index in [1.54, 1.807) is 6.92 Å². The van der Waals surface area contributed by atoms with Gasteiger partial charge in [-0.1, -0.05) is 30.3 Å². The third-order valence-corrected chi connectivity index (χ3v) is 6.45. The Balaban J connectivity index is 1.78. The SMILES string of the molecule is CCOC(=O)c1c(NC(=O)CCCC(=O)OC)sc2c1CCC(c1ccccc1)C2. The van der Waals surface area contributed by atoms with Crippen LogP contribution in [0.1, 0.15) is 64.9 Å². The van der Waals surface area contributed by atoms with Crippen LogP contribution in [0.4, 0.5) is 5.00 Å². The van der Waals surface area contributed by atoms with E-state index in [1.165, 1.54) is 24.0 Å². The number of anilines is 1. The van der Waals surface area contributed by atoms with Gasteiger partial charge in [-0.05, 0) is 49.7 Å². The van der Waals surface area contributed by atoms with Crippen LogP contribution in [-0.4, -0.2) is 31.6 Å². The summed E-state index contributed by atoms with van der Waals surface area (Å²) < 4.78 is 9.87. The summed E-state index contributed by atoms with van der Waals surface area (Å²) in [5, 5.41) is 3.43. The fraction of sp³-hybridized carbons (Fsp3) is 0.435. The van der Waals surface area contributed by atoms with Crippen LogP contribution in [0.3, 0.4) is 0 Å². The fourth-order valence-electron chi connectivity index (χ4n) is 3.79. The number of benzene rings is 1. The van der Waals surface area contributed by atoms with Gasteiger partial charge in [0.05, 0.1) is 19.3 Å². The minimum atomic E-state index is -0.391.